The standard InChI is InChI=1S/C25H25F3O2/c1-3-30-22-14-12-20(13-15-22)24(25(26,27)28)17-29-16-21-10-7-11-23(18(21)2)19-8-5-4-6-9-19/h4-15,24H,3,16-17H2,1-2H3. The van der Waals surface area contributed by atoms with Crippen LogP contribution < -0.4 is 4.74 Å². The summed E-state index contributed by atoms with van der Waals surface area (Å²) in [4.78, 5) is 0. The molecule has 5 heteroatoms. The van der Waals surface area contributed by atoms with Gasteiger partial charge in [-0.1, -0.05) is 60.7 Å². The first-order valence-corrected chi connectivity index (χ1v) is 9.91. The number of ether oxygens (including phenoxy) is 2. The molecule has 0 fully saturated rings. The molecule has 3 aromatic carbocycles. The molecule has 0 radical (unpaired) electrons. The Morgan fingerprint density at radius 2 is 1.57 bits per heavy atom. The van der Waals surface area contributed by atoms with Crippen LogP contribution in [0.5, 0.6) is 5.75 Å². The SMILES string of the molecule is CCOc1ccc(C(COCc2cccc(-c3ccccc3)c2C)C(F)(F)F)cc1. The van der Waals surface area contributed by atoms with E-state index in [9.17, 15) is 13.2 Å². The molecule has 3 rings (SSSR count). The molecule has 0 N–H and O–H groups in total. The highest BCUT2D eigenvalue weighted by Gasteiger charge is 2.40. The second-order valence-corrected chi connectivity index (χ2v) is 7.07. The van der Waals surface area contributed by atoms with Crippen molar-refractivity contribution in [3.05, 3.63) is 89.5 Å². The van der Waals surface area contributed by atoms with Gasteiger partial charge in [-0.25, -0.2) is 0 Å². The van der Waals surface area contributed by atoms with Crippen molar-refractivity contribution >= 4 is 0 Å². The van der Waals surface area contributed by atoms with Crippen molar-refractivity contribution in [3.8, 4) is 16.9 Å². The maximum Gasteiger partial charge on any atom is 0.397 e. The second kappa shape index (κ2) is 9.81. The number of hydrogen-bond acceptors (Lipinski definition) is 2. The molecular formula is C25H25F3O2. The summed E-state index contributed by atoms with van der Waals surface area (Å²) in [5.74, 6) is -1.14. The summed E-state index contributed by atoms with van der Waals surface area (Å²) in [5, 5.41) is 0. The lowest BCUT2D eigenvalue weighted by atomic mass is 9.96. The number of hydrogen-bond donors (Lipinski definition) is 0. The van der Waals surface area contributed by atoms with Crippen molar-refractivity contribution in [3.63, 3.8) is 0 Å². The molecule has 0 aliphatic carbocycles. The highest BCUT2D eigenvalue weighted by atomic mass is 19.4. The molecular weight excluding hydrogens is 389 g/mol. The highest BCUT2D eigenvalue weighted by molar-refractivity contribution is 5.68. The molecule has 1 atom stereocenters. The van der Waals surface area contributed by atoms with Crippen LogP contribution in [0, 0.1) is 6.92 Å². The lowest BCUT2D eigenvalue weighted by Crippen LogP contribution is -2.25. The quantitative estimate of drug-likeness (QED) is 0.398. The van der Waals surface area contributed by atoms with Crippen molar-refractivity contribution in [1.29, 1.82) is 0 Å². The van der Waals surface area contributed by atoms with E-state index in [1.807, 2.05) is 62.4 Å². The van der Waals surface area contributed by atoms with Crippen LogP contribution in [0.15, 0.2) is 72.8 Å². The molecule has 0 amide bonds. The Kier molecular flexibility index (Phi) is 7.16. The van der Waals surface area contributed by atoms with Crippen LogP contribution in [0.25, 0.3) is 11.1 Å². The van der Waals surface area contributed by atoms with E-state index in [0.29, 0.717) is 12.4 Å². The minimum Gasteiger partial charge on any atom is -0.494 e. The minimum absolute atomic E-state index is 0.121. The monoisotopic (exact) mass is 414 g/mol. The Hall–Kier alpha value is -2.79. The first-order valence-electron chi connectivity index (χ1n) is 9.91. The topological polar surface area (TPSA) is 18.5 Å². The number of rotatable bonds is 8. The third-order valence-electron chi connectivity index (χ3n) is 5.06. The van der Waals surface area contributed by atoms with E-state index < -0.39 is 18.7 Å². The van der Waals surface area contributed by atoms with Gasteiger partial charge in [0, 0.05) is 0 Å². The van der Waals surface area contributed by atoms with Gasteiger partial charge in [-0.15, -0.1) is 0 Å². The summed E-state index contributed by atoms with van der Waals surface area (Å²) < 4.78 is 51.8. The molecule has 0 aliphatic rings. The predicted molar refractivity (Wildman–Crippen MR) is 113 cm³/mol. The van der Waals surface area contributed by atoms with Crippen LogP contribution in [0.2, 0.25) is 0 Å². The second-order valence-electron chi connectivity index (χ2n) is 7.07. The van der Waals surface area contributed by atoms with Gasteiger partial charge in [0.2, 0.25) is 0 Å². The van der Waals surface area contributed by atoms with Gasteiger partial charge in [-0.2, -0.15) is 13.2 Å². The Bertz CT molecular complexity index is 935. The van der Waals surface area contributed by atoms with Crippen LogP contribution >= 0.6 is 0 Å². The Morgan fingerprint density at radius 3 is 2.20 bits per heavy atom. The van der Waals surface area contributed by atoms with Crippen LogP contribution in [-0.2, 0) is 11.3 Å². The van der Waals surface area contributed by atoms with Gasteiger partial charge < -0.3 is 9.47 Å². The van der Waals surface area contributed by atoms with E-state index in [4.69, 9.17) is 9.47 Å². The predicted octanol–water partition coefficient (Wildman–Crippen LogP) is 6.92. The number of benzene rings is 3. The van der Waals surface area contributed by atoms with Gasteiger partial charge in [0.25, 0.3) is 0 Å². The lowest BCUT2D eigenvalue weighted by molar-refractivity contribution is -0.163. The fourth-order valence-corrected chi connectivity index (χ4v) is 3.40. The average Bonchev–Trinajstić information content (AvgIpc) is 2.73. The smallest absolute Gasteiger partial charge is 0.397 e. The zero-order chi connectivity index (χ0) is 21.6. The molecule has 0 bridgehead atoms. The Balaban J connectivity index is 1.71. The van der Waals surface area contributed by atoms with Crippen LogP contribution in [0.1, 0.15) is 29.5 Å². The fourth-order valence-electron chi connectivity index (χ4n) is 3.40. The molecule has 0 spiro atoms. The third-order valence-corrected chi connectivity index (χ3v) is 5.06. The summed E-state index contributed by atoms with van der Waals surface area (Å²) in [5.41, 5.74) is 4.17. The van der Waals surface area contributed by atoms with E-state index in [1.165, 1.54) is 12.1 Å². The third kappa shape index (κ3) is 5.42. The summed E-state index contributed by atoms with van der Waals surface area (Å²) >= 11 is 0. The lowest BCUT2D eigenvalue weighted by Gasteiger charge is -2.21. The zero-order valence-electron chi connectivity index (χ0n) is 17.1. The van der Waals surface area contributed by atoms with Gasteiger partial charge in [-0.3, -0.25) is 0 Å². The molecule has 3 aromatic rings. The molecule has 0 heterocycles. The average molecular weight is 414 g/mol. The number of alkyl halides is 3. The minimum atomic E-state index is -4.39. The molecule has 2 nitrogen and oxygen atoms in total. The maximum atomic E-state index is 13.6. The Morgan fingerprint density at radius 1 is 0.867 bits per heavy atom. The van der Waals surface area contributed by atoms with Crippen molar-refractivity contribution in [2.75, 3.05) is 13.2 Å². The molecule has 30 heavy (non-hydrogen) atoms. The van der Waals surface area contributed by atoms with Gasteiger partial charge in [0.1, 0.15) is 11.7 Å². The van der Waals surface area contributed by atoms with E-state index in [2.05, 4.69) is 0 Å². The molecule has 0 saturated carbocycles. The van der Waals surface area contributed by atoms with Crippen molar-refractivity contribution in [1.82, 2.24) is 0 Å². The molecule has 0 aromatic heterocycles. The number of halogens is 3. The first-order chi connectivity index (χ1) is 14.4. The van der Waals surface area contributed by atoms with Crippen LogP contribution in [0.3, 0.4) is 0 Å². The Labute approximate surface area is 175 Å². The summed E-state index contributed by atoms with van der Waals surface area (Å²) in [6.45, 7) is 3.94. The van der Waals surface area contributed by atoms with Gasteiger partial charge in [0.05, 0.1) is 19.8 Å². The van der Waals surface area contributed by atoms with E-state index in [0.717, 1.165) is 22.3 Å². The van der Waals surface area contributed by atoms with E-state index in [-0.39, 0.29) is 12.2 Å². The van der Waals surface area contributed by atoms with Crippen LogP contribution in [-0.4, -0.2) is 19.4 Å². The van der Waals surface area contributed by atoms with Gasteiger partial charge in [-0.05, 0) is 53.8 Å². The van der Waals surface area contributed by atoms with Crippen molar-refractivity contribution in [2.45, 2.75) is 32.5 Å². The summed E-state index contributed by atoms with van der Waals surface area (Å²) in [6.07, 6.45) is -4.39. The first kappa shape index (κ1) is 21.9. The summed E-state index contributed by atoms with van der Waals surface area (Å²) in [7, 11) is 0. The molecule has 0 saturated heterocycles. The molecule has 0 aliphatic heterocycles. The van der Waals surface area contributed by atoms with E-state index >= 15 is 0 Å². The van der Waals surface area contributed by atoms with Gasteiger partial charge in [0.15, 0.2) is 0 Å². The highest BCUT2D eigenvalue weighted by Crippen LogP contribution is 2.36. The largest absolute Gasteiger partial charge is 0.494 e. The summed E-state index contributed by atoms with van der Waals surface area (Å²) in [6, 6.07) is 21.7. The molecule has 1 unspecified atom stereocenters. The van der Waals surface area contributed by atoms with E-state index in [1.54, 1.807) is 12.1 Å². The maximum absolute atomic E-state index is 13.6. The van der Waals surface area contributed by atoms with Crippen molar-refractivity contribution < 1.29 is 22.6 Å². The molecule has 158 valence electrons. The fraction of sp³-hybridized carbons (Fsp3) is 0.280. The zero-order valence-corrected chi connectivity index (χ0v) is 17.1. The normalized spacial score (nSPS) is 12.6. The van der Waals surface area contributed by atoms with Crippen LogP contribution in [0.4, 0.5) is 13.2 Å². The van der Waals surface area contributed by atoms with Crippen molar-refractivity contribution in [2.24, 2.45) is 0 Å². The van der Waals surface area contributed by atoms with Gasteiger partial charge >= 0.3 is 6.18 Å².